The van der Waals surface area contributed by atoms with Gasteiger partial charge in [0.25, 0.3) is 0 Å². The molecule has 83 heavy (non-hydrogen) atoms. The number of carboxylic acid groups (broad SMARTS) is 1. The Morgan fingerprint density at radius 1 is 0.410 bits per heavy atom. The summed E-state index contributed by atoms with van der Waals surface area (Å²) >= 11 is 0. The first kappa shape index (κ1) is 75.9. The molecule has 1 fully saturated rings. The number of hydrogen-bond acceptors (Lipinski definition) is 11. The van der Waals surface area contributed by atoms with Crippen LogP contribution in [0.2, 0.25) is 0 Å². The maximum Gasteiger partial charge on any atom is 0.335 e. The summed E-state index contributed by atoms with van der Waals surface area (Å²) in [6.07, 6.45) is 68.5. The van der Waals surface area contributed by atoms with Gasteiger partial charge in [-0.25, -0.2) is 4.79 Å². The highest BCUT2D eigenvalue weighted by Crippen LogP contribution is 2.26. The number of aliphatic hydroxyl groups excluding tert-OH is 2. The van der Waals surface area contributed by atoms with Crippen molar-refractivity contribution in [3.05, 3.63) is 134 Å². The molecule has 3 N–H and O–H groups in total. The number of aliphatic hydroxyl groups is 2. The van der Waals surface area contributed by atoms with Crippen LogP contribution in [0, 0.1) is 0 Å². The first-order valence-electron chi connectivity index (χ1n) is 32.2. The Morgan fingerprint density at radius 3 is 1.20 bits per heavy atom. The highest BCUT2D eigenvalue weighted by atomic mass is 16.7. The largest absolute Gasteiger partial charge is 0.479 e. The lowest BCUT2D eigenvalue weighted by Gasteiger charge is -2.40. The van der Waals surface area contributed by atoms with E-state index in [0.717, 1.165) is 103 Å². The molecule has 468 valence electrons. The summed E-state index contributed by atoms with van der Waals surface area (Å²) in [5.74, 6) is -3.28. The van der Waals surface area contributed by atoms with Gasteiger partial charge in [0.1, 0.15) is 18.8 Å². The van der Waals surface area contributed by atoms with Crippen LogP contribution in [0.15, 0.2) is 134 Å². The van der Waals surface area contributed by atoms with Crippen LogP contribution in [0.3, 0.4) is 0 Å². The topological polar surface area (TPSA) is 175 Å². The zero-order valence-corrected chi connectivity index (χ0v) is 51.6. The maximum absolute atomic E-state index is 13.2. The summed E-state index contributed by atoms with van der Waals surface area (Å²) in [5, 5.41) is 31.6. The minimum Gasteiger partial charge on any atom is -0.479 e. The minimum atomic E-state index is -1.94. The number of carbonyl (C=O) groups is 4. The Hall–Kier alpha value is -5.14. The molecule has 0 amide bonds. The smallest absolute Gasteiger partial charge is 0.335 e. The minimum absolute atomic E-state index is 0.0740. The van der Waals surface area contributed by atoms with Gasteiger partial charge in [-0.05, 0) is 103 Å². The van der Waals surface area contributed by atoms with Crippen LogP contribution in [-0.2, 0) is 42.9 Å². The zero-order valence-electron chi connectivity index (χ0n) is 51.6. The molecule has 0 aromatic carbocycles. The van der Waals surface area contributed by atoms with Gasteiger partial charge < -0.3 is 39.0 Å². The lowest BCUT2D eigenvalue weighted by Crippen LogP contribution is -2.61. The fourth-order valence-corrected chi connectivity index (χ4v) is 8.89. The quantitative estimate of drug-likeness (QED) is 0.0228. The van der Waals surface area contributed by atoms with E-state index in [2.05, 4.69) is 136 Å². The van der Waals surface area contributed by atoms with E-state index in [4.69, 9.17) is 23.7 Å². The lowest BCUT2D eigenvalue weighted by molar-refractivity contribution is -0.301. The Balaban J connectivity index is 2.74. The number of hydrogen-bond donors (Lipinski definition) is 3. The summed E-state index contributed by atoms with van der Waals surface area (Å²) < 4.78 is 28.4. The van der Waals surface area contributed by atoms with E-state index in [-0.39, 0.29) is 25.9 Å². The first-order chi connectivity index (χ1) is 40.6. The van der Waals surface area contributed by atoms with Crippen molar-refractivity contribution >= 4 is 23.9 Å². The molecule has 0 saturated carbocycles. The molecule has 0 spiro atoms. The van der Waals surface area contributed by atoms with Crippen molar-refractivity contribution in [1.82, 2.24) is 0 Å². The lowest BCUT2D eigenvalue weighted by atomic mass is 9.98. The molecule has 6 atom stereocenters. The first-order valence-corrected chi connectivity index (χ1v) is 32.2. The molecule has 12 nitrogen and oxygen atoms in total. The Bertz CT molecular complexity index is 1950. The Labute approximate surface area is 502 Å². The molecule has 1 rings (SSSR count). The summed E-state index contributed by atoms with van der Waals surface area (Å²) in [4.78, 5) is 51.3. The summed E-state index contributed by atoms with van der Waals surface area (Å²) in [6, 6.07) is 0. The van der Waals surface area contributed by atoms with Crippen LogP contribution in [0.25, 0.3) is 0 Å². The van der Waals surface area contributed by atoms with Crippen LogP contribution >= 0.6 is 0 Å². The van der Waals surface area contributed by atoms with E-state index < -0.39 is 67.3 Å². The van der Waals surface area contributed by atoms with Crippen LogP contribution in [0.5, 0.6) is 0 Å². The highest BCUT2D eigenvalue weighted by Gasteiger charge is 2.50. The fourth-order valence-electron chi connectivity index (χ4n) is 8.89. The van der Waals surface area contributed by atoms with Crippen molar-refractivity contribution in [3.63, 3.8) is 0 Å². The van der Waals surface area contributed by atoms with Crippen molar-refractivity contribution in [3.8, 4) is 0 Å². The number of ether oxygens (including phenoxy) is 5. The number of unbranched alkanes of at least 4 members (excludes halogenated alkanes) is 17. The summed E-state index contributed by atoms with van der Waals surface area (Å²) in [7, 11) is 0. The number of carbonyl (C=O) groups excluding carboxylic acids is 3. The van der Waals surface area contributed by atoms with Crippen molar-refractivity contribution in [2.24, 2.45) is 0 Å². The average molecular weight is 1160 g/mol. The third-order valence-electron chi connectivity index (χ3n) is 13.7. The standard InChI is InChI=1S/C71H112O12/c1-4-7-10-13-16-19-22-25-28-30-32-34-37-39-42-45-48-51-54-57-63(72)79-60-62(81-64(73)58-55-52-49-46-43-40-36-27-24-21-18-15-12-9-6-3)61-80-71-69(67(76)66(75)68(83-71)70(77)78)82-65(74)59-56-53-50-47-44-41-38-35-33-31-29-26-23-20-17-14-11-8-5-2/h7-8,10-11,16-17,19-20,25-26,28-29,32-35,39,41-42,44,50,53,62,66-69,71,75-76H,4-6,9,12-15,18,21-24,27,30-31,36-38,40,43,45-49,51-52,54-61H2,1-3H3,(H,77,78)/b10-7-,11-8-,19-16-,20-17-,28-25-,29-26-,34-32-,35-33-,42-39-,44-41-,53-50-. The molecule has 0 radical (unpaired) electrons. The normalized spacial score (nSPS) is 18.5. The predicted octanol–water partition coefficient (Wildman–Crippen LogP) is 17.3. The van der Waals surface area contributed by atoms with E-state index >= 15 is 0 Å². The molecule has 1 aliphatic rings. The molecular weight excluding hydrogens is 1040 g/mol. The molecule has 0 aromatic rings. The van der Waals surface area contributed by atoms with Gasteiger partial charge in [-0.15, -0.1) is 0 Å². The molecule has 6 unspecified atom stereocenters. The summed E-state index contributed by atoms with van der Waals surface area (Å²) in [6.45, 7) is 5.72. The van der Waals surface area contributed by atoms with Crippen LogP contribution in [0.1, 0.15) is 239 Å². The second-order valence-electron chi connectivity index (χ2n) is 21.3. The monoisotopic (exact) mass is 1160 g/mol. The van der Waals surface area contributed by atoms with Crippen molar-refractivity contribution in [1.29, 1.82) is 0 Å². The average Bonchev–Trinajstić information content (AvgIpc) is 3.60. The van der Waals surface area contributed by atoms with Gasteiger partial charge in [-0.3, -0.25) is 14.4 Å². The van der Waals surface area contributed by atoms with Crippen molar-refractivity contribution in [2.45, 2.75) is 276 Å². The molecule has 0 aliphatic carbocycles. The van der Waals surface area contributed by atoms with Crippen molar-refractivity contribution < 1.29 is 58.2 Å². The Kier molecular flexibility index (Phi) is 52.4. The van der Waals surface area contributed by atoms with E-state index in [1.165, 1.54) is 70.6 Å². The molecule has 0 aromatic heterocycles. The van der Waals surface area contributed by atoms with Crippen LogP contribution in [0.4, 0.5) is 0 Å². The molecule has 0 bridgehead atoms. The third kappa shape index (κ3) is 46.9. The highest BCUT2D eigenvalue weighted by molar-refractivity contribution is 5.74. The van der Waals surface area contributed by atoms with Gasteiger partial charge in [-0.1, -0.05) is 251 Å². The molecule has 12 heteroatoms. The fraction of sp³-hybridized carbons (Fsp3) is 0.634. The van der Waals surface area contributed by atoms with E-state index in [0.29, 0.717) is 25.7 Å². The molecule has 1 aliphatic heterocycles. The number of carboxylic acids is 1. The van der Waals surface area contributed by atoms with Gasteiger partial charge in [0.2, 0.25) is 0 Å². The predicted molar refractivity (Wildman–Crippen MR) is 340 cm³/mol. The zero-order chi connectivity index (χ0) is 60.3. The van der Waals surface area contributed by atoms with Crippen LogP contribution < -0.4 is 0 Å². The maximum atomic E-state index is 13.2. The van der Waals surface area contributed by atoms with Gasteiger partial charge >= 0.3 is 23.9 Å². The number of allylic oxidation sites excluding steroid dienone is 22. The van der Waals surface area contributed by atoms with Gasteiger partial charge in [0, 0.05) is 19.3 Å². The third-order valence-corrected chi connectivity index (χ3v) is 13.7. The van der Waals surface area contributed by atoms with Gasteiger partial charge in [0.15, 0.2) is 24.6 Å². The van der Waals surface area contributed by atoms with Crippen LogP contribution in [-0.4, -0.2) is 89.2 Å². The SMILES string of the molecule is CC/C=C\C/C=C\C/C=C\C/C=C\C/C=C\C/C=C\CCC(=O)OC1C(OCC(COC(=O)CCCCC/C=C\C/C=C\C/C=C\C/C=C\C/C=C\CC)OC(=O)CCCCCCCCCCCCCCCCC)OC(C(=O)O)C(O)C1O. The second kappa shape index (κ2) is 57.3. The number of aliphatic carboxylic acids is 1. The molecule has 1 saturated heterocycles. The second-order valence-corrected chi connectivity index (χ2v) is 21.3. The van der Waals surface area contributed by atoms with Crippen molar-refractivity contribution in [2.75, 3.05) is 13.2 Å². The molecular formula is C71H112O12. The van der Waals surface area contributed by atoms with E-state index in [9.17, 15) is 34.5 Å². The summed E-state index contributed by atoms with van der Waals surface area (Å²) in [5.41, 5.74) is 0. The van der Waals surface area contributed by atoms with E-state index in [1.54, 1.807) is 0 Å². The number of rotatable bonds is 53. The van der Waals surface area contributed by atoms with Gasteiger partial charge in [0.05, 0.1) is 6.61 Å². The van der Waals surface area contributed by atoms with Gasteiger partial charge in [-0.2, -0.15) is 0 Å². The number of esters is 3. The van der Waals surface area contributed by atoms with E-state index in [1.807, 2.05) is 18.2 Å². The molecule has 1 heterocycles. The Morgan fingerprint density at radius 2 is 0.783 bits per heavy atom.